The zero-order valence-electron chi connectivity index (χ0n) is 27.0. The topological polar surface area (TPSA) is 77.4 Å². The number of benzene rings is 3. The van der Waals surface area contributed by atoms with Gasteiger partial charge in [0, 0.05) is 48.5 Å². The van der Waals surface area contributed by atoms with Crippen molar-refractivity contribution in [2.75, 3.05) is 20.8 Å². The number of carbonyl (C=O) groups is 2. The van der Waals surface area contributed by atoms with E-state index in [9.17, 15) is 9.59 Å². The molecular weight excluding hydrogens is 558 g/mol. The van der Waals surface area contributed by atoms with Crippen molar-refractivity contribution in [1.82, 2.24) is 15.3 Å². The average Bonchev–Trinajstić information content (AvgIpc) is 3.03. The lowest BCUT2D eigenvalue weighted by Crippen LogP contribution is -2.54. The summed E-state index contributed by atoms with van der Waals surface area (Å²) in [5.41, 5.74) is 6.45. The van der Waals surface area contributed by atoms with Crippen LogP contribution in [0, 0.1) is 5.92 Å². The molecule has 1 aliphatic carbocycles. The number of hydrazine groups is 1. The summed E-state index contributed by atoms with van der Waals surface area (Å²) in [4.78, 5) is 35.3. The second-order valence-electron chi connectivity index (χ2n) is 12.2. The van der Waals surface area contributed by atoms with Crippen molar-refractivity contribution < 1.29 is 9.59 Å². The molecule has 1 amide bonds. The van der Waals surface area contributed by atoms with Crippen LogP contribution in [-0.2, 0) is 5.54 Å². The van der Waals surface area contributed by atoms with E-state index in [4.69, 9.17) is 9.98 Å². The molecule has 3 aromatic rings. The van der Waals surface area contributed by atoms with Crippen LogP contribution in [0.4, 0.5) is 0 Å². The molecule has 1 saturated carbocycles. The Hall–Kier alpha value is -4.62. The molecule has 0 bridgehead atoms. The molecule has 0 atom stereocenters. The van der Waals surface area contributed by atoms with Crippen LogP contribution in [0.5, 0.6) is 0 Å². The Balaban J connectivity index is 1.54. The van der Waals surface area contributed by atoms with Gasteiger partial charge in [0.25, 0.3) is 5.91 Å². The number of amides is 1. The molecule has 1 fully saturated rings. The smallest absolute Gasteiger partial charge is 0.252 e. The van der Waals surface area contributed by atoms with E-state index in [1.807, 2.05) is 25.2 Å². The lowest BCUT2D eigenvalue weighted by atomic mass is 9.65. The fourth-order valence-electron chi connectivity index (χ4n) is 6.30. The van der Waals surface area contributed by atoms with E-state index < -0.39 is 5.54 Å². The van der Waals surface area contributed by atoms with Crippen LogP contribution >= 0.6 is 0 Å². The van der Waals surface area contributed by atoms with Crippen LogP contribution in [0.3, 0.4) is 0 Å². The maximum atomic E-state index is 13.4. The molecule has 1 aliphatic heterocycles. The highest BCUT2D eigenvalue weighted by Crippen LogP contribution is 2.46. The molecule has 0 radical (unpaired) electrons. The van der Waals surface area contributed by atoms with Crippen LogP contribution < -0.4 is 5.32 Å². The number of allylic oxidation sites excluding steroid dienone is 3. The lowest BCUT2D eigenvalue weighted by molar-refractivity contribution is 0.0677. The lowest BCUT2D eigenvalue weighted by Gasteiger charge is -2.47. The minimum absolute atomic E-state index is 0.226. The number of carbonyl (C=O) groups excluding carboxylic acids is 2. The Kier molecular flexibility index (Phi) is 9.89. The maximum Gasteiger partial charge on any atom is 0.252 e. The van der Waals surface area contributed by atoms with Gasteiger partial charge in [0.05, 0.1) is 11.3 Å². The van der Waals surface area contributed by atoms with Gasteiger partial charge >= 0.3 is 0 Å². The Morgan fingerprint density at radius 3 is 2.33 bits per heavy atom. The molecule has 232 valence electrons. The van der Waals surface area contributed by atoms with E-state index in [1.54, 1.807) is 24.3 Å². The first-order valence-electron chi connectivity index (χ1n) is 15.7. The third kappa shape index (κ3) is 7.04. The van der Waals surface area contributed by atoms with E-state index in [0.29, 0.717) is 30.1 Å². The minimum atomic E-state index is -0.490. The van der Waals surface area contributed by atoms with Gasteiger partial charge in [0.15, 0.2) is 6.29 Å². The third-order valence-electron chi connectivity index (χ3n) is 8.53. The summed E-state index contributed by atoms with van der Waals surface area (Å²) in [6.45, 7) is 6.80. The van der Waals surface area contributed by atoms with Gasteiger partial charge in [-0.25, -0.2) is 10.0 Å². The number of hydrogen-bond acceptors (Lipinski definition) is 6. The maximum absolute atomic E-state index is 13.4. The Morgan fingerprint density at radius 1 is 1.00 bits per heavy atom. The minimum Gasteiger partial charge on any atom is -0.342 e. The van der Waals surface area contributed by atoms with E-state index in [0.717, 1.165) is 65.1 Å². The summed E-state index contributed by atoms with van der Waals surface area (Å²) in [6.07, 6.45) is 8.34. The van der Waals surface area contributed by atoms with Crippen LogP contribution in [0.15, 0.2) is 107 Å². The number of hydrogen-bond donors (Lipinski definition) is 1. The van der Waals surface area contributed by atoms with Crippen molar-refractivity contribution in [1.29, 1.82) is 0 Å². The Labute approximate surface area is 267 Å². The quantitative estimate of drug-likeness (QED) is 0.275. The van der Waals surface area contributed by atoms with Gasteiger partial charge in [0.2, 0.25) is 0 Å². The Bertz CT molecular complexity index is 1640. The van der Waals surface area contributed by atoms with Crippen LogP contribution in [0.25, 0.3) is 5.57 Å². The molecule has 7 heteroatoms. The largest absolute Gasteiger partial charge is 0.342 e. The van der Waals surface area contributed by atoms with Crippen LogP contribution in [0.1, 0.15) is 83.9 Å². The number of nitrogens with one attached hydrogen (secondary N) is 1. The Morgan fingerprint density at radius 2 is 1.69 bits per heavy atom. The van der Waals surface area contributed by atoms with Crippen molar-refractivity contribution in [3.05, 3.63) is 125 Å². The number of aldehydes is 1. The summed E-state index contributed by atoms with van der Waals surface area (Å²) in [6, 6.07) is 25.8. The van der Waals surface area contributed by atoms with Gasteiger partial charge in [-0.1, -0.05) is 92.7 Å². The third-order valence-corrected chi connectivity index (χ3v) is 8.53. The molecule has 1 heterocycles. The summed E-state index contributed by atoms with van der Waals surface area (Å²) < 4.78 is 0. The summed E-state index contributed by atoms with van der Waals surface area (Å²) in [5, 5.41) is 7.42. The highest BCUT2D eigenvalue weighted by molar-refractivity contribution is 6.32. The zero-order chi connectivity index (χ0) is 32.0. The second-order valence-corrected chi connectivity index (χ2v) is 12.2. The van der Waals surface area contributed by atoms with Gasteiger partial charge in [-0.2, -0.15) is 0 Å². The van der Waals surface area contributed by atoms with Crippen molar-refractivity contribution in [3.8, 4) is 0 Å². The van der Waals surface area contributed by atoms with E-state index in [1.165, 1.54) is 0 Å². The fraction of sp³-hybridized carbons (Fsp3) is 0.316. The van der Waals surface area contributed by atoms with Gasteiger partial charge in [0.1, 0.15) is 12.5 Å². The van der Waals surface area contributed by atoms with Crippen molar-refractivity contribution in [2.45, 2.75) is 52.0 Å². The van der Waals surface area contributed by atoms with E-state index >= 15 is 0 Å². The van der Waals surface area contributed by atoms with E-state index in [2.05, 4.69) is 91.8 Å². The monoisotopic (exact) mass is 601 g/mol. The molecule has 2 aliphatic rings. The molecule has 3 aromatic carbocycles. The molecule has 5 rings (SSSR count). The highest BCUT2D eigenvalue weighted by atomic mass is 16.2. The van der Waals surface area contributed by atoms with Crippen molar-refractivity contribution >= 4 is 29.2 Å². The molecule has 7 nitrogen and oxygen atoms in total. The predicted molar refractivity (Wildman–Crippen MR) is 183 cm³/mol. The van der Waals surface area contributed by atoms with Gasteiger partial charge < -0.3 is 5.32 Å². The predicted octanol–water partition coefficient (Wildman–Crippen LogP) is 7.28. The highest BCUT2D eigenvalue weighted by Gasteiger charge is 2.45. The number of rotatable bonds is 8. The van der Waals surface area contributed by atoms with Gasteiger partial charge in [-0.05, 0) is 55.4 Å². The first-order valence-corrected chi connectivity index (χ1v) is 15.7. The fourth-order valence-corrected chi connectivity index (χ4v) is 6.30. The SMILES string of the molecule is CC/C=C1/N=C(/C)C/C=C(c2ccccc2)\C(c2ccc(C3(NC(=O)c4ccccc4C=O)CC(C)C3)cc2)=N/CN1N(C)C. The average molecular weight is 602 g/mol. The van der Waals surface area contributed by atoms with Crippen molar-refractivity contribution in [2.24, 2.45) is 15.9 Å². The van der Waals surface area contributed by atoms with Gasteiger partial charge in [-0.3, -0.25) is 19.6 Å². The normalized spacial score (nSPS) is 24.8. The summed E-state index contributed by atoms with van der Waals surface area (Å²) >= 11 is 0. The standard InChI is InChI=1S/C38H43N5O2/c1-6-12-35-40-28(3)17-22-33(29-13-8-7-9-14-29)36(39-26-43(35)42(4)5)30-18-20-32(21-19-30)38(23-27(2)24-38)41-37(45)34-16-11-10-15-31(34)25-44/h7-16,18-22,25,27H,6,17,23-24,26H2,1-5H3,(H,41,45)/b33-22-,35-12-,39-36-,40-28-. The first-order chi connectivity index (χ1) is 21.7. The molecular formula is C38H43N5O2. The summed E-state index contributed by atoms with van der Waals surface area (Å²) in [7, 11) is 4.03. The van der Waals surface area contributed by atoms with Crippen LogP contribution in [0.2, 0.25) is 0 Å². The molecule has 0 unspecified atom stereocenters. The second kappa shape index (κ2) is 14.0. The molecule has 0 aromatic heterocycles. The summed E-state index contributed by atoms with van der Waals surface area (Å²) in [5.74, 6) is 1.15. The molecule has 45 heavy (non-hydrogen) atoms. The van der Waals surface area contributed by atoms with Crippen LogP contribution in [-0.4, -0.2) is 54.4 Å². The molecule has 1 N–H and O–H groups in total. The molecule has 0 spiro atoms. The number of aliphatic imine (C=N–C) groups is 2. The van der Waals surface area contributed by atoms with Gasteiger partial charge in [-0.15, -0.1) is 0 Å². The first kappa shape index (κ1) is 31.8. The molecule has 0 saturated heterocycles. The number of nitrogens with zero attached hydrogens (tertiary/aromatic N) is 4. The van der Waals surface area contributed by atoms with Crippen molar-refractivity contribution in [3.63, 3.8) is 0 Å². The zero-order valence-corrected chi connectivity index (χ0v) is 27.0. The van der Waals surface area contributed by atoms with E-state index in [-0.39, 0.29) is 5.91 Å².